The average molecular weight is 461 g/mol. The molecule has 32 heavy (non-hydrogen) atoms. The molecule has 0 amide bonds. The minimum absolute atomic E-state index is 0.0223. The van der Waals surface area contributed by atoms with Gasteiger partial charge < -0.3 is 15.1 Å². The van der Waals surface area contributed by atoms with Crippen LogP contribution in [0.5, 0.6) is 5.75 Å². The summed E-state index contributed by atoms with van der Waals surface area (Å²) >= 11 is 6.39. The van der Waals surface area contributed by atoms with Crippen molar-refractivity contribution in [1.29, 1.82) is 0 Å². The quantitative estimate of drug-likeness (QED) is 0.564. The van der Waals surface area contributed by atoms with Crippen molar-refractivity contribution in [3.8, 4) is 16.9 Å². The Balaban J connectivity index is 1.82. The lowest BCUT2D eigenvalue weighted by atomic mass is 10.0. The third-order valence-corrected chi connectivity index (χ3v) is 6.14. The minimum atomic E-state index is -0.835. The number of anilines is 1. The molecule has 2 N–H and O–H groups in total. The molecule has 0 saturated carbocycles. The fourth-order valence-electron chi connectivity index (χ4n) is 4.51. The lowest BCUT2D eigenvalue weighted by Gasteiger charge is -2.46. The van der Waals surface area contributed by atoms with E-state index < -0.39 is 23.6 Å². The van der Waals surface area contributed by atoms with E-state index in [1.54, 1.807) is 0 Å². The Morgan fingerprint density at radius 3 is 2.50 bits per heavy atom. The van der Waals surface area contributed by atoms with E-state index >= 15 is 4.39 Å². The van der Waals surface area contributed by atoms with Crippen LogP contribution in [0.25, 0.3) is 22.0 Å². The molecule has 0 aliphatic carbocycles. The molecular weight excluding hydrogens is 438 g/mol. The molecule has 3 atom stereocenters. The van der Waals surface area contributed by atoms with Gasteiger partial charge in [-0.05, 0) is 38.1 Å². The number of hydrogen-bond acceptors (Lipinski definition) is 6. The highest BCUT2D eigenvalue weighted by Crippen LogP contribution is 2.42. The van der Waals surface area contributed by atoms with Crippen molar-refractivity contribution in [3.05, 3.63) is 59.9 Å². The summed E-state index contributed by atoms with van der Waals surface area (Å²) in [6.45, 7) is 8.66. The second-order valence-electron chi connectivity index (χ2n) is 7.97. The fourth-order valence-corrected chi connectivity index (χ4v) is 4.80. The molecule has 4 rings (SSSR count). The molecule has 2 heterocycles. The van der Waals surface area contributed by atoms with Crippen molar-refractivity contribution in [2.45, 2.75) is 32.2 Å². The van der Waals surface area contributed by atoms with Gasteiger partial charge in [-0.3, -0.25) is 4.90 Å². The fraction of sp³-hybridized carbons (Fsp3) is 0.304. The summed E-state index contributed by atoms with van der Waals surface area (Å²) in [5.74, 6) is -1.55. The molecule has 0 bridgehead atoms. The molecule has 168 valence electrons. The molecule has 0 spiro atoms. The lowest BCUT2D eigenvalue weighted by molar-refractivity contribution is -0.0208. The number of aromatic hydroxyl groups is 1. The maximum atomic E-state index is 15.6. The molecule has 1 fully saturated rings. The first-order valence-electron chi connectivity index (χ1n) is 10.2. The highest BCUT2D eigenvalue weighted by molar-refractivity contribution is 6.34. The Kier molecular flexibility index (Phi) is 6.03. The Labute approximate surface area is 189 Å². The van der Waals surface area contributed by atoms with Crippen molar-refractivity contribution < 1.29 is 19.0 Å². The van der Waals surface area contributed by atoms with Crippen LogP contribution in [0.2, 0.25) is 5.02 Å². The van der Waals surface area contributed by atoms with Gasteiger partial charge in [-0.1, -0.05) is 24.2 Å². The van der Waals surface area contributed by atoms with Gasteiger partial charge in [0.05, 0.1) is 10.6 Å². The number of aliphatic hydroxyl groups is 1. The molecule has 1 aliphatic rings. The zero-order valence-corrected chi connectivity index (χ0v) is 18.4. The summed E-state index contributed by atoms with van der Waals surface area (Å²) in [7, 11) is 0. The molecule has 1 unspecified atom stereocenters. The topological polar surface area (TPSA) is 72.7 Å². The number of phenolic OH excluding ortho intramolecular Hbond substituents is 1. The predicted octanol–water partition coefficient (Wildman–Crippen LogP) is 4.34. The number of piperazine rings is 1. The molecule has 2 aromatic carbocycles. The van der Waals surface area contributed by atoms with Crippen LogP contribution in [0.15, 0.2) is 43.2 Å². The summed E-state index contributed by atoms with van der Waals surface area (Å²) in [4.78, 5) is 12.4. The number of nitrogens with zero attached hydrogens (tertiary/aromatic N) is 4. The Hall–Kier alpha value is -2.81. The molecule has 9 heteroatoms. The summed E-state index contributed by atoms with van der Waals surface area (Å²) in [6, 6.07) is 5.14. The van der Waals surface area contributed by atoms with Gasteiger partial charge in [-0.2, -0.15) is 0 Å². The Morgan fingerprint density at radius 1 is 1.19 bits per heavy atom. The Bertz CT molecular complexity index is 1160. The summed E-state index contributed by atoms with van der Waals surface area (Å²) in [5, 5.41) is 20.7. The Morgan fingerprint density at radius 2 is 1.88 bits per heavy atom. The average Bonchev–Trinajstić information content (AvgIpc) is 2.74. The molecule has 6 nitrogen and oxygen atoms in total. The zero-order chi connectivity index (χ0) is 23.2. The maximum Gasteiger partial charge on any atom is 0.159 e. The van der Waals surface area contributed by atoms with E-state index in [1.807, 2.05) is 23.6 Å². The van der Waals surface area contributed by atoms with Crippen LogP contribution in [0.1, 0.15) is 13.8 Å². The molecule has 1 saturated heterocycles. The van der Waals surface area contributed by atoms with Crippen LogP contribution in [-0.4, -0.2) is 56.5 Å². The summed E-state index contributed by atoms with van der Waals surface area (Å²) < 4.78 is 30.0. The van der Waals surface area contributed by atoms with Crippen molar-refractivity contribution in [2.24, 2.45) is 0 Å². The summed E-state index contributed by atoms with van der Waals surface area (Å²) in [5.41, 5.74) is -0.586. The highest BCUT2D eigenvalue weighted by atomic mass is 35.5. The van der Waals surface area contributed by atoms with Gasteiger partial charge in [0.1, 0.15) is 35.5 Å². The minimum Gasteiger partial charge on any atom is -0.507 e. The molecule has 1 aromatic heterocycles. The van der Waals surface area contributed by atoms with Gasteiger partial charge in [0.2, 0.25) is 0 Å². The van der Waals surface area contributed by atoms with E-state index in [1.165, 1.54) is 30.6 Å². The van der Waals surface area contributed by atoms with Gasteiger partial charge in [0.15, 0.2) is 5.82 Å². The third kappa shape index (κ3) is 3.68. The van der Waals surface area contributed by atoms with Gasteiger partial charge in [0, 0.05) is 36.1 Å². The number of benzene rings is 2. The monoisotopic (exact) mass is 460 g/mol. The van der Waals surface area contributed by atoms with E-state index in [9.17, 15) is 14.6 Å². The number of aromatic nitrogens is 2. The highest BCUT2D eigenvalue weighted by Gasteiger charge is 2.34. The smallest absolute Gasteiger partial charge is 0.159 e. The largest absolute Gasteiger partial charge is 0.507 e. The van der Waals surface area contributed by atoms with Crippen molar-refractivity contribution in [3.63, 3.8) is 0 Å². The standard InChI is InChI=1S/C23H23ClF2N4O2/c1-4-18(32)30-12(2)9-29(10-13(30)3)23-14-8-15(24)19(21(26)22(14)27-11-28-23)20-16(25)6-5-7-17(20)31/h4-8,11-13,18,31-32H,1,9-10H2,2-3H3/t12-,13+,18?. The van der Waals surface area contributed by atoms with Crippen LogP contribution < -0.4 is 4.90 Å². The second-order valence-corrected chi connectivity index (χ2v) is 8.38. The first kappa shape index (κ1) is 22.4. The number of phenols is 1. The number of hydrogen-bond donors (Lipinski definition) is 2. The van der Waals surface area contributed by atoms with Crippen molar-refractivity contribution in [2.75, 3.05) is 18.0 Å². The molecule has 3 aromatic rings. The zero-order valence-electron chi connectivity index (χ0n) is 17.6. The van der Waals surface area contributed by atoms with Gasteiger partial charge in [-0.15, -0.1) is 0 Å². The first-order chi connectivity index (χ1) is 15.2. The number of fused-ring (bicyclic) bond motifs is 1. The van der Waals surface area contributed by atoms with Gasteiger partial charge in [-0.25, -0.2) is 18.7 Å². The van der Waals surface area contributed by atoms with Crippen LogP contribution >= 0.6 is 11.6 Å². The number of aliphatic hydroxyl groups excluding tert-OH is 1. The predicted molar refractivity (Wildman–Crippen MR) is 121 cm³/mol. The lowest BCUT2D eigenvalue weighted by Crippen LogP contribution is -2.59. The van der Waals surface area contributed by atoms with E-state index in [0.717, 1.165) is 6.07 Å². The number of rotatable bonds is 4. The van der Waals surface area contributed by atoms with Crippen molar-refractivity contribution in [1.82, 2.24) is 14.9 Å². The van der Waals surface area contributed by atoms with Crippen LogP contribution in [-0.2, 0) is 0 Å². The van der Waals surface area contributed by atoms with Crippen LogP contribution in [0.4, 0.5) is 14.6 Å². The van der Waals surface area contributed by atoms with Gasteiger partial charge >= 0.3 is 0 Å². The maximum absolute atomic E-state index is 15.6. The number of halogens is 3. The molecule has 1 aliphatic heterocycles. The van der Waals surface area contributed by atoms with Crippen LogP contribution in [0, 0.1) is 11.6 Å². The molecule has 0 radical (unpaired) electrons. The van der Waals surface area contributed by atoms with E-state index in [4.69, 9.17) is 11.6 Å². The third-order valence-electron chi connectivity index (χ3n) is 5.84. The van der Waals surface area contributed by atoms with Gasteiger partial charge in [0.25, 0.3) is 0 Å². The summed E-state index contributed by atoms with van der Waals surface area (Å²) in [6.07, 6.45) is 1.96. The molecular formula is C23H23ClF2N4O2. The van der Waals surface area contributed by atoms with Crippen molar-refractivity contribution >= 4 is 28.3 Å². The first-order valence-corrected chi connectivity index (χ1v) is 10.6. The van der Waals surface area contributed by atoms with E-state index in [2.05, 4.69) is 16.5 Å². The SMILES string of the molecule is C=CC(O)N1[C@H](C)CN(c2ncnc3c(F)c(-c4c(O)cccc4F)c(Cl)cc23)C[C@@H]1C. The normalized spacial score (nSPS) is 20.5. The van der Waals surface area contributed by atoms with Crippen LogP contribution in [0.3, 0.4) is 0 Å². The van der Waals surface area contributed by atoms with E-state index in [-0.39, 0.29) is 33.7 Å². The second kappa shape index (κ2) is 8.61. The van der Waals surface area contributed by atoms with E-state index in [0.29, 0.717) is 24.3 Å².